The van der Waals surface area contributed by atoms with E-state index in [2.05, 4.69) is 16.0 Å². The fourth-order valence-corrected chi connectivity index (χ4v) is 6.26. The van der Waals surface area contributed by atoms with Gasteiger partial charge in [0.05, 0.1) is 29.2 Å². The van der Waals surface area contributed by atoms with Gasteiger partial charge in [0.1, 0.15) is 12.8 Å². The number of carbonyl (C=O) groups is 2. The zero-order valence-electron chi connectivity index (χ0n) is 19.2. The smallest absolute Gasteiger partial charge is 0.246 e. The van der Waals surface area contributed by atoms with Gasteiger partial charge in [-0.25, -0.2) is 13.2 Å². The SMILES string of the molecule is O=C(COC1CCC(Cl)C(F)C1)NC12CCC(NC(=O)C3CCC(C(F)F)CN3)(CC1)C[C@@H]2O. The fraction of sp³-hybridized carbons (Fsp3) is 0.913. The number of ether oxygens (including phenoxy) is 1. The zero-order chi connectivity index (χ0) is 24.5. The molecule has 2 amide bonds. The number of rotatable bonds is 7. The summed E-state index contributed by atoms with van der Waals surface area (Å²) in [7, 11) is 0. The molecule has 1 aliphatic heterocycles. The normalized spacial score (nSPS) is 42.4. The standard InChI is InChI=1S/C23H35ClF3N3O4/c24-15-3-2-14(9-16(15)25)34-12-19(32)29-23-7-5-22(6-8-23,10-18(23)31)30-21(33)17-4-1-13(11-28-17)20(26)27/h13-18,20,28,31H,1-12H2,(H,29,32)(H,30,33)/t13?,14?,15?,16?,17?,18-,22?,23?/m0/s1. The Morgan fingerprint density at radius 2 is 1.85 bits per heavy atom. The van der Waals surface area contributed by atoms with E-state index in [1.54, 1.807) is 0 Å². The molecule has 4 saturated carbocycles. The van der Waals surface area contributed by atoms with E-state index < -0.39 is 47.1 Å². The second kappa shape index (κ2) is 10.5. The second-order valence-corrected chi connectivity index (χ2v) is 11.2. The quantitative estimate of drug-likeness (QED) is 0.394. The van der Waals surface area contributed by atoms with Gasteiger partial charge < -0.3 is 25.8 Å². The van der Waals surface area contributed by atoms with Crippen molar-refractivity contribution in [2.75, 3.05) is 13.2 Å². The highest BCUT2D eigenvalue weighted by Crippen LogP contribution is 2.47. The molecule has 0 radical (unpaired) electrons. The topological polar surface area (TPSA) is 99.7 Å². The first-order valence-corrected chi connectivity index (χ1v) is 12.8. The average molecular weight is 510 g/mol. The maximum absolute atomic E-state index is 13.8. The lowest BCUT2D eigenvalue weighted by Gasteiger charge is -2.56. The molecule has 6 atom stereocenters. The minimum absolute atomic E-state index is 0.113. The highest BCUT2D eigenvalue weighted by Gasteiger charge is 2.55. The van der Waals surface area contributed by atoms with Gasteiger partial charge in [-0.3, -0.25) is 9.59 Å². The molecule has 0 spiro atoms. The van der Waals surface area contributed by atoms with E-state index >= 15 is 0 Å². The summed E-state index contributed by atoms with van der Waals surface area (Å²) in [4.78, 5) is 25.4. The molecule has 0 aromatic rings. The summed E-state index contributed by atoms with van der Waals surface area (Å²) in [5, 5.41) is 19.3. The Kier molecular flexibility index (Phi) is 8.01. The number of hydrogen-bond donors (Lipinski definition) is 4. The van der Waals surface area contributed by atoms with Crippen LogP contribution in [-0.4, -0.2) is 77.4 Å². The monoisotopic (exact) mass is 509 g/mol. The van der Waals surface area contributed by atoms with Gasteiger partial charge in [0.25, 0.3) is 0 Å². The third kappa shape index (κ3) is 5.65. The summed E-state index contributed by atoms with van der Waals surface area (Å²) < 4.78 is 45.1. The van der Waals surface area contributed by atoms with Crippen LogP contribution in [0.2, 0.25) is 0 Å². The molecule has 1 saturated heterocycles. The highest BCUT2D eigenvalue weighted by molar-refractivity contribution is 6.21. The van der Waals surface area contributed by atoms with E-state index in [1.807, 2.05) is 0 Å². The van der Waals surface area contributed by atoms with Crippen molar-refractivity contribution in [2.45, 2.75) is 112 Å². The number of carbonyl (C=O) groups excluding carboxylic acids is 2. The molecule has 5 unspecified atom stereocenters. The summed E-state index contributed by atoms with van der Waals surface area (Å²) in [6, 6.07) is -0.509. The van der Waals surface area contributed by atoms with Crippen molar-refractivity contribution in [3.63, 3.8) is 0 Å². The fourth-order valence-electron chi connectivity index (χ4n) is 6.03. The van der Waals surface area contributed by atoms with Crippen molar-refractivity contribution in [1.82, 2.24) is 16.0 Å². The van der Waals surface area contributed by atoms with Crippen molar-refractivity contribution < 1.29 is 32.6 Å². The Morgan fingerprint density at radius 1 is 1.12 bits per heavy atom. The molecule has 194 valence electrons. The van der Waals surface area contributed by atoms with Crippen molar-refractivity contribution in [1.29, 1.82) is 0 Å². The van der Waals surface area contributed by atoms with E-state index in [4.69, 9.17) is 16.3 Å². The summed E-state index contributed by atoms with van der Waals surface area (Å²) >= 11 is 5.89. The maximum Gasteiger partial charge on any atom is 0.246 e. The Hall–Kier alpha value is -1.10. The van der Waals surface area contributed by atoms with Crippen LogP contribution >= 0.6 is 11.6 Å². The molecule has 0 aromatic carbocycles. The predicted octanol–water partition coefficient (Wildman–Crippen LogP) is 2.18. The average Bonchev–Trinajstić information content (AvgIpc) is 2.81. The van der Waals surface area contributed by atoms with Crippen molar-refractivity contribution in [3.05, 3.63) is 0 Å². The second-order valence-electron chi connectivity index (χ2n) is 10.6. The minimum Gasteiger partial charge on any atom is -0.391 e. The summed E-state index contributed by atoms with van der Waals surface area (Å²) in [5.41, 5.74) is -1.33. The first-order valence-electron chi connectivity index (χ1n) is 12.3. The Balaban J connectivity index is 1.24. The maximum atomic E-state index is 13.8. The lowest BCUT2D eigenvalue weighted by molar-refractivity contribution is -0.140. The van der Waals surface area contributed by atoms with Crippen molar-refractivity contribution in [3.8, 4) is 0 Å². The molecule has 0 aromatic heterocycles. The number of aliphatic hydroxyl groups is 1. The largest absolute Gasteiger partial charge is 0.391 e. The highest BCUT2D eigenvalue weighted by atomic mass is 35.5. The summed E-state index contributed by atoms with van der Waals surface area (Å²) in [5.74, 6) is -1.29. The van der Waals surface area contributed by atoms with Gasteiger partial charge in [-0.05, 0) is 57.8 Å². The lowest BCUT2D eigenvalue weighted by atomic mass is 9.59. The van der Waals surface area contributed by atoms with Crippen LogP contribution in [0.4, 0.5) is 13.2 Å². The van der Waals surface area contributed by atoms with Gasteiger partial charge in [-0.1, -0.05) is 0 Å². The van der Waals surface area contributed by atoms with E-state index in [0.29, 0.717) is 57.8 Å². The molecule has 2 bridgehead atoms. The van der Waals surface area contributed by atoms with Gasteiger partial charge in [0, 0.05) is 24.4 Å². The Morgan fingerprint density at radius 3 is 2.44 bits per heavy atom. The van der Waals surface area contributed by atoms with Gasteiger partial charge in [0.15, 0.2) is 0 Å². The zero-order valence-corrected chi connectivity index (χ0v) is 20.0. The van der Waals surface area contributed by atoms with Gasteiger partial charge >= 0.3 is 0 Å². The molecule has 4 aliphatic carbocycles. The van der Waals surface area contributed by atoms with Crippen molar-refractivity contribution in [2.24, 2.45) is 5.92 Å². The van der Waals surface area contributed by atoms with E-state index in [1.165, 1.54) is 0 Å². The van der Waals surface area contributed by atoms with E-state index in [9.17, 15) is 27.9 Å². The van der Waals surface area contributed by atoms with Crippen LogP contribution in [0.1, 0.15) is 64.2 Å². The van der Waals surface area contributed by atoms with Crippen LogP contribution in [0.25, 0.3) is 0 Å². The number of nitrogens with one attached hydrogen (secondary N) is 3. The first kappa shape index (κ1) is 26.0. The number of alkyl halides is 4. The lowest BCUT2D eigenvalue weighted by Crippen LogP contribution is -2.71. The number of aliphatic hydroxyl groups excluding tert-OH is 1. The van der Waals surface area contributed by atoms with Crippen LogP contribution in [0.3, 0.4) is 0 Å². The van der Waals surface area contributed by atoms with Crippen LogP contribution in [-0.2, 0) is 14.3 Å². The van der Waals surface area contributed by atoms with E-state index in [0.717, 1.165) is 0 Å². The molecule has 1 heterocycles. The number of piperidine rings is 1. The first-order chi connectivity index (χ1) is 16.1. The summed E-state index contributed by atoms with van der Waals surface area (Å²) in [6.45, 7) is -0.0878. The van der Waals surface area contributed by atoms with Crippen LogP contribution in [0.15, 0.2) is 0 Å². The van der Waals surface area contributed by atoms with Gasteiger partial charge in [-0.2, -0.15) is 0 Å². The molecule has 7 nitrogen and oxygen atoms in total. The molecule has 34 heavy (non-hydrogen) atoms. The van der Waals surface area contributed by atoms with Crippen molar-refractivity contribution >= 4 is 23.4 Å². The van der Waals surface area contributed by atoms with Crippen LogP contribution in [0.5, 0.6) is 0 Å². The predicted molar refractivity (Wildman–Crippen MR) is 119 cm³/mol. The number of fused-ring (bicyclic) bond motifs is 3. The Bertz CT molecular complexity index is 745. The Labute approximate surface area is 202 Å². The molecule has 5 fully saturated rings. The molecular formula is C23H35ClF3N3O4. The third-order valence-corrected chi connectivity index (χ3v) is 8.81. The number of amides is 2. The molecule has 5 aliphatic rings. The molecule has 11 heteroatoms. The molecule has 5 rings (SSSR count). The number of hydrogen-bond acceptors (Lipinski definition) is 5. The van der Waals surface area contributed by atoms with E-state index in [-0.39, 0.29) is 37.5 Å². The van der Waals surface area contributed by atoms with Crippen LogP contribution in [0, 0.1) is 5.92 Å². The molecular weight excluding hydrogens is 475 g/mol. The van der Waals surface area contributed by atoms with Gasteiger partial charge in [0.2, 0.25) is 18.2 Å². The third-order valence-electron chi connectivity index (χ3n) is 8.32. The molecule has 4 N–H and O–H groups in total. The van der Waals surface area contributed by atoms with Crippen LogP contribution < -0.4 is 16.0 Å². The van der Waals surface area contributed by atoms with Gasteiger partial charge in [-0.15, -0.1) is 11.6 Å². The number of halogens is 4. The minimum atomic E-state index is -2.39. The summed E-state index contributed by atoms with van der Waals surface area (Å²) in [6.07, 6.45) is -0.215.